The van der Waals surface area contributed by atoms with Crippen LogP contribution in [0.5, 0.6) is 0 Å². The van der Waals surface area contributed by atoms with Crippen LogP contribution in [0.1, 0.15) is 91.4 Å². The van der Waals surface area contributed by atoms with Crippen LogP contribution in [0.15, 0.2) is 72.9 Å². The molecule has 0 saturated heterocycles. The summed E-state index contributed by atoms with van der Waals surface area (Å²) in [7, 11) is 0. The van der Waals surface area contributed by atoms with E-state index in [1.807, 2.05) is 61.4 Å². The van der Waals surface area contributed by atoms with Crippen molar-refractivity contribution in [3.05, 3.63) is 85.8 Å². The summed E-state index contributed by atoms with van der Waals surface area (Å²) in [4.78, 5) is 0. The standard InChI is InChI=1S/C20H36.2C5H5.ClH.Zr/c1-5-7-9-11-12-14-16-19-17-20(19,4)18(3)15-13-10-8-6-2;2*1-2-4-5-3-1;;/h14,16,19H,3,5-13,15,17H2,1-2,4H3;2*1-5H;1H;/p-1/b16-14+;;;;. The molecule has 0 spiro atoms. The van der Waals surface area contributed by atoms with Gasteiger partial charge in [-0.15, -0.1) is 0 Å². The molecule has 0 aromatic rings. The normalized spacial score (nSPS) is 21.3. The molecule has 178 valence electrons. The van der Waals surface area contributed by atoms with Gasteiger partial charge in [0.25, 0.3) is 0 Å². The number of hydrogen-bond donors (Lipinski definition) is 0. The second-order valence-corrected chi connectivity index (χ2v) is 8.84. The summed E-state index contributed by atoms with van der Waals surface area (Å²) in [5, 5.41) is 0. The maximum atomic E-state index is 4.37. The van der Waals surface area contributed by atoms with Gasteiger partial charge < -0.3 is 12.4 Å². The zero-order valence-corrected chi connectivity index (χ0v) is 24.1. The third-order valence-electron chi connectivity index (χ3n) is 6.15. The average molecular weight is 533 g/mol. The quantitative estimate of drug-likeness (QED) is 0.194. The molecule has 32 heavy (non-hydrogen) atoms. The van der Waals surface area contributed by atoms with Crippen LogP contribution >= 0.6 is 0 Å². The van der Waals surface area contributed by atoms with E-state index < -0.39 is 0 Å². The topological polar surface area (TPSA) is 0 Å². The van der Waals surface area contributed by atoms with Crippen LogP contribution in [-0.2, 0) is 26.2 Å². The molecule has 2 radical (unpaired) electrons. The number of allylic oxidation sites excluding steroid dienone is 11. The first-order valence-corrected chi connectivity index (χ1v) is 12.3. The molecule has 0 nitrogen and oxygen atoms in total. The molecule has 0 amide bonds. The molecule has 2 heteroatoms. The van der Waals surface area contributed by atoms with Crippen molar-refractivity contribution < 1.29 is 38.6 Å². The van der Waals surface area contributed by atoms with Gasteiger partial charge in [-0.25, -0.2) is 0 Å². The third-order valence-corrected chi connectivity index (χ3v) is 6.15. The number of halogens is 1. The van der Waals surface area contributed by atoms with Crippen LogP contribution in [0.2, 0.25) is 0 Å². The fourth-order valence-electron chi connectivity index (χ4n) is 3.73. The SMILES string of the molecule is C=C(CCCCCC)C1(C)CC1/C=C/CCCCCC.[CH]1C=CC=C1.[CH]1C=CC=C1.[Cl-].[Zr]. The second kappa shape index (κ2) is 22.4. The van der Waals surface area contributed by atoms with Crippen molar-refractivity contribution in [2.75, 3.05) is 0 Å². The van der Waals surface area contributed by atoms with Crippen molar-refractivity contribution in [1.82, 2.24) is 0 Å². The first-order valence-electron chi connectivity index (χ1n) is 12.3. The summed E-state index contributed by atoms with van der Waals surface area (Å²) in [5.41, 5.74) is 1.95. The summed E-state index contributed by atoms with van der Waals surface area (Å²) in [5.74, 6) is 0.785. The van der Waals surface area contributed by atoms with E-state index in [4.69, 9.17) is 0 Å². The molecule has 2 unspecified atom stereocenters. The Morgan fingerprint density at radius 3 is 1.75 bits per heavy atom. The fraction of sp³-hybridized carbons (Fsp3) is 0.533. The van der Waals surface area contributed by atoms with Gasteiger partial charge in [-0.3, -0.25) is 0 Å². The molecule has 0 aliphatic heterocycles. The molecule has 2 atom stereocenters. The van der Waals surface area contributed by atoms with E-state index in [9.17, 15) is 0 Å². The first kappa shape index (κ1) is 33.8. The Bertz CT molecular complexity index is 554. The predicted octanol–water partition coefficient (Wildman–Crippen LogP) is 6.70. The van der Waals surface area contributed by atoms with E-state index >= 15 is 0 Å². The zero-order chi connectivity index (χ0) is 21.9. The maximum absolute atomic E-state index is 4.37. The third kappa shape index (κ3) is 16.3. The van der Waals surface area contributed by atoms with Crippen LogP contribution < -0.4 is 12.4 Å². The van der Waals surface area contributed by atoms with Crippen LogP contribution in [0.25, 0.3) is 0 Å². The summed E-state index contributed by atoms with van der Waals surface area (Å²) in [6, 6.07) is 0. The van der Waals surface area contributed by atoms with Gasteiger partial charge in [-0.05, 0) is 43.4 Å². The Morgan fingerprint density at radius 1 is 0.812 bits per heavy atom. The fourth-order valence-corrected chi connectivity index (χ4v) is 3.73. The Labute approximate surface area is 226 Å². The number of hydrogen-bond acceptors (Lipinski definition) is 0. The Kier molecular flexibility index (Phi) is 23.7. The molecule has 3 aliphatic rings. The summed E-state index contributed by atoms with van der Waals surface area (Å²) >= 11 is 0. The molecule has 0 aromatic heterocycles. The molecule has 0 heterocycles. The van der Waals surface area contributed by atoms with Crippen molar-refractivity contribution in [1.29, 1.82) is 0 Å². The van der Waals surface area contributed by atoms with E-state index in [-0.39, 0.29) is 38.6 Å². The van der Waals surface area contributed by atoms with Crippen molar-refractivity contribution in [2.24, 2.45) is 11.3 Å². The monoisotopic (exact) mass is 531 g/mol. The van der Waals surface area contributed by atoms with Gasteiger partial charge in [0, 0.05) is 39.0 Å². The van der Waals surface area contributed by atoms with E-state index in [0.29, 0.717) is 5.41 Å². The van der Waals surface area contributed by atoms with E-state index in [1.165, 1.54) is 76.2 Å². The molecule has 0 N–H and O–H groups in total. The summed E-state index contributed by atoms with van der Waals surface area (Å²) < 4.78 is 0. The minimum Gasteiger partial charge on any atom is -1.00 e. The molecule has 1 saturated carbocycles. The van der Waals surface area contributed by atoms with Crippen molar-refractivity contribution >= 4 is 0 Å². The van der Waals surface area contributed by atoms with E-state index in [0.717, 1.165) is 5.92 Å². The largest absolute Gasteiger partial charge is 1.00 e. The van der Waals surface area contributed by atoms with Gasteiger partial charge in [0.1, 0.15) is 0 Å². The number of rotatable bonds is 12. The van der Waals surface area contributed by atoms with Crippen LogP contribution in [-0.4, -0.2) is 0 Å². The van der Waals surface area contributed by atoms with Gasteiger partial charge in [0.15, 0.2) is 0 Å². The zero-order valence-electron chi connectivity index (χ0n) is 20.9. The van der Waals surface area contributed by atoms with E-state index in [2.05, 4.69) is 39.5 Å². The van der Waals surface area contributed by atoms with Gasteiger partial charge in [0.05, 0.1) is 0 Å². The average Bonchev–Trinajstić information content (AvgIpc) is 3.28. The van der Waals surface area contributed by atoms with Crippen LogP contribution in [0, 0.1) is 24.2 Å². The van der Waals surface area contributed by atoms with Crippen molar-refractivity contribution in [2.45, 2.75) is 91.4 Å². The smallest absolute Gasteiger partial charge is 0.00506 e. The van der Waals surface area contributed by atoms with Crippen LogP contribution in [0.4, 0.5) is 0 Å². The Hall–Kier alpha value is -0.387. The van der Waals surface area contributed by atoms with Gasteiger partial charge in [-0.1, -0.05) is 132 Å². The maximum Gasteiger partial charge on any atom is 0.00506 e. The Balaban J connectivity index is 0. The summed E-state index contributed by atoms with van der Waals surface area (Å²) in [6.45, 7) is 11.3. The molecule has 0 bridgehead atoms. The molecular weight excluding hydrogens is 487 g/mol. The predicted molar refractivity (Wildman–Crippen MR) is 137 cm³/mol. The summed E-state index contributed by atoms with van der Waals surface area (Å²) in [6.07, 6.45) is 39.7. The Morgan fingerprint density at radius 2 is 1.31 bits per heavy atom. The van der Waals surface area contributed by atoms with E-state index in [1.54, 1.807) is 0 Å². The van der Waals surface area contributed by atoms with Crippen molar-refractivity contribution in [3.63, 3.8) is 0 Å². The molecule has 0 aromatic carbocycles. The van der Waals surface area contributed by atoms with Gasteiger partial charge >= 0.3 is 0 Å². The number of unbranched alkanes of at least 4 members (excludes halogenated alkanes) is 7. The van der Waals surface area contributed by atoms with Crippen LogP contribution in [0.3, 0.4) is 0 Å². The van der Waals surface area contributed by atoms with Gasteiger partial charge in [0.2, 0.25) is 0 Å². The van der Waals surface area contributed by atoms with Gasteiger partial charge in [-0.2, -0.15) is 0 Å². The minimum absolute atomic E-state index is 0. The molecule has 1 fully saturated rings. The molecular formula is C30H46ClZr-. The van der Waals surface area contributed by atoms with Crippen molar-refractivity contribution in [3.8, 4) is 0 Å². The molecule has 3 rings (SSSR count). The molecule has 3 aliphatic carbocycles. The first-order chi connectivity index (χ1) is 14.6. The second-order valence-electron chi connectivity index (χ2n) is 8.84. The minimum atomic E-state index is 0.